The quantitative estimate of drug-likeness (QED) is 0.639. The van der Waals surface area contributed by atoms with Crippen molar-refractivity contribution in [3.8, 4) is 0 Å². The Kier molecular flexibility index (Phi) is 4.92. The summed E-state index contributed by atoms with van der Waals surface area (Å²) in [4.78, 5) is 15.4. The Hall–Kier alpha value is -2.32. The second kappa shape index (κ2) is 7.36. The molecule has 1 aliphatic heterocycles. The van der Waals surface area contributed by atoms with Gasteiger partial charge in [-0.2, -0.15) is 0 Å². The number of imidazole rings is 1. The van der Waals surface area contributed by atoms with Crippen LogP contribution in [0.15, 0.2) is 41.2 Å². The maximum Gasteiger partial charge on any atom is 0.326 e. The molecule has 8 heteroatoms. The smallest absolute Gasteiger partial charge is 0.326 e. The molecule has 4 rings (SSSR count). The lowest BCUT2D eigenvalue weighted by Gasteiger charge is -2.15. The molecule has 0 bridgehead atoms. The van der Waals surface area contributed by atoms with E-state index >= 15 is 0 Å². The molecule has 0 spiro atoms. The minimum atomic E-state index is -0.666. The third-order valence-electron chi connectivity index (χ3n) is 4.73. The van der Waals surface area contributed by atoms with Crippen molar-refractivity contribution in [2.24, 2.45) is 0 Å². The lowest BCUT2D eigenvalue weighted by atomic mass is 10.2. The second-order valence-electron chi connectivity index (χ2n) is 6.53. The number of hydrogen-bond donors (Lipinski definition) is 2. The van der Waals surface area contributed by atoms with Gasteiger partial charge in [-0.25, -0.2) is 17.9 Å². The van der Waals surface area contributed by atoms with E-state index in [1.165, 1.54) is 12.1 Å². The first-order valence-corrected chi connectivity index (χ1v) is 9.83. The molecule has 142 valence electrons. The molecule has 0 saturated carbocycles. The van der Waals surface area contributed by atoms with Crippen LogP contribution in [0.5, 0.6) is 0 Å². The maximum absolute atomic E-state index is 13.9. The standard InChI is InChI=1S/C19H20F2N4OS/c1-2-27-24-8-7-14(11-24)25-18-6-4-13(10-17(18)23-19(25)26)22-16-5-3-12(20)9-15(16)21/h3-6,9-10,14,22H,2,7-8,11H2,1H3,(H,23,26). The third-order valence-corrected chi connectivity index (χ3v) is 5.68. The van der Waals surface area contributed by atoms with Crippen LogP contribution < -0.4 is 11.0 Å². The van der Waals surface area contributed by atoms with Crippen molar-refractivity contribution in [3.63, 3.8) is 0 Å². The van der Waals surface area contributed by atoms with Gasteiger partial charge < -0.3 is 10.3 Å². The van der Waals surface area contributed by atoms with Gasteiger partial charge in [0.2, 0.25) is 0 Å². The van der Waals surface area contributed by atoms with Crippen molar-refractivity contribution >= 4 is 34.4 Å². The summed E-state index contributed by atoms with van der Waals surface area (Å²) in [5, 5.41) is 2.93. The van der Waals surface area contributed by atoms with Gasteiger partial charge in [0.1, 0.15) is 11.6 Å². The third kappa shape index (κ3) is 3.59. The predicted molar refractivity (Wildman–Crippen MR) is 106 cm³/mol. The van der Waals surface area contributed by atoms with Crippen LogP contribution in [0, 0.1) is 11.6 Å². The Balaban J connectivity index is 1.62. The van der Waals surface area contributed by atoms with Crippen molar-refractivity contribution in [1.29, 1.82) is 0 Å². The first kappa shape index (κ1) is 18.1. The summed E-state index contributed by atoms with van der Waals surface area (Å²) in [7, 11) is 0. The SMILES string of the molecule is CCSN1CCC(n2c(=O)[nH]c3cc(Nc4ccc(F)cc4F)ccc32)C1. The van der Waals surface area contributed by atoms with Gasteiger partial charge in [-0.15, -0.1) is 0 Å². The highest BCUT2D eigenvalue weighted by molar-refractivity contribution is 7.96. The largest absolute Gasteiger partial charge is 0.353 e. The Bertz CT molecular complexity index is 1030. The zero-order valence-corrected chi connectivity index (χ0v) is 15.7. The fraction of sp³-hybridized carbons (Fsp3) is 0.316. The number of nitrogens with zero attached hydrogens (tertiary/aromatic N) is 2. The lowest BCUT2D eigenvalue weighted by Crippen LogP contribution is -2.24. The van der Waals surface area contributed by atoms with Gasteiger partial charge in [-0.05, 0) is 36.8 Å². The molecule has 2 N–H and O–H groups in total. The van der Waals surface area contributed by atoms with Crippen LogP contribution >= 0.6 is 11.9 Å². The molecule has 27 heavy (non-hydrogen) atoms. The Morgan fingerprint density at radius 3 is 2.89 bits per heavy atom. The van der Waals surface area contributed by atoms with Crippen LogP contribution in [-0.4, -0.2) is 32.7 Å². The number of anilines is 2. The van der Waals surface area contributed by atoms with E-state index in [1.807, 2.05) is 10.6 Å². The molecular weight excluding hydrogens is 370 g/mol. The van der Waals surface area contributed by atoms with Crippen molar-refractivity contribution in [1.82, 2.24) is 13.9 Å². The predicted octanol–water partition coefficient (Wildman–Crippen LogP) is 4.27. The molecule has 0 amide bonds. The number of aromatic amines is 1. The van der Waals surface area contributed by atoms with E-state index in [0.717, 1.165) is 36.8 Å². The van der Waals surface area contributed by atoms with Gasteiger partial charge in [0, 0.05) is 30.6 Å². The molecule has 2 heterocycles. The topological polar surface area (TPSA) is 53.1 Å². The van der Waals surface area contributed by atoms with Gasteiger partial charge in [0.15, 0.2) is 0 Å². The molecule has 1 fully saturated rings. The zero-order chi connectivity index (χ0) is 19.0. The number of benzene rings is 2. The average molecular weight is 390 g/mol. The first-order chi connectivity index (χ1) is 13.0. The molecule has 5 nitrogen and oxygen atoms in total. The number of hydrogen-bond acceptors (Lipinski definition) is 4. The monoisotopic (exact) mass is 390 g/mol. The van der Waals surface area contributed by atoms with E-state index in [4.69, 9.17) is 0 Å². The number of H-pyrrole nitrogens is 1. The van der Waals surface area contributed by atoms with Gasteiger partial charge in [-0.1, -0.05) is 18.9 Å². The van der Waals surface area contributed by atoms with Crippen LogP contribution in [0.3, 0.4) is 0 Å². The number of halogens is 2. The molecule has 1 atom stereocenters. The normalized spacial score (nSPS) is 17.7. The summed E-state index contributed by atoms with van der Waals surface area (Å²) in [5.74, 6) is -0.271. The number of fused-ring (bicyclic) bond motifs is 1. The summed E-state index contributed by atoms with van der Waals surface area (Å²) in [6.07, 6.45) is 0.931. The highest BCUT2D eigenvalue weighted by Crippen LogP contribution is 2.29. The van der Waals surface area contributed by atoms with Gasteiger partial charge in [0.25, 0.3) is 0 Å². The highest BCUT2D eigenvalue weighted by Gasteiger charge is 2.26. The highest BCUT2D eigenvalue weighted by atomic mass is 32.2. The molecule has 3 aromatic rings. The molecule has 0 radical (unpaired) electrons. The maximum atomic E-state index is 13.9. The summed E-state index contributed by atoms with van der Waals surface area (Å²) in [6.45, 7) is 3.92. The number of nitrogens with one attached hydrogen (secondary N) is 2. The fourth-order valence-corrected chi connectivity index (χ4v) is 4.42. The van der Waals surface area contributed by atoms with E-state index in [2.05, 4.69) is 21.5 Å². The van der Waals surface area contributed by atoms with Crippen molar-refractivity contribution in [3.05, 3.63) is 58.5 Å². The second-order valence-corrected chi connectivity index (χ2v) is 7.88. The average Bonchev–Trinajstić information content (AvgIpc) is 3.20. The summed E-state index contributed by atoms with van der Waals surface area (Å²) < 4.78 is 31.0. The molecule has 0 aliphatic carbocycles. The van der Waals surface area contributed by atoms with Crippen LogP contribution in [0.1, 0.15) is 19.4 Å². The van der Waals surface area contributed by atoms with Crippen LogP contribution in [0.4, 0.5) is 20.2 Å². The van der Waals surface area contributed by atoms with Crippen molar-refractivity contribution < 1.29 is 8.78 Å². The molecule has 1 unspecified atom stereocenters. The Morgan fingerprint density at radius 2 is 2.11 bits per heavy atom. The zero-order valence-electron chi connectivity index (χ0n) is 14.8. The number of aromatic nitrogens is 2. The van der Waals surface area contributed by atoms with Gasteiger partial charge >= 0.3 is 5.69 Å². The summed E-state index contributed by atoms with van der Waals surface area (Å²) in [5.41, 5.74) is 2.19. The van der Waals surface area contributed by atoms with Crippen LogP contribution in [0.25, 0.3) is 11.0 Å². The summed E-state index contributed by atoms with van der Waals surface area (Å²) in [6, 6.07) is 8.93. The van der Waals surface area contributed by atoms with E-state index in [1.54, 1.807) is 24.1 Å². The minimum Gasteiger partial charge on any atom is -0.353 e. The minimum absolute atomic E-state index is 0.136. The van der Waals surface area contributed by atoms with Crippen molar-refractivity contribution in [2.75, 3.05) is 24.2 Å². The Labute approximate surface area is 159 Å². The number of rotatable bonds is 5. The van der Waals surface area contributed by atoms with Gasteiger partial charge in [0.05, 0.1) is 22.8 Å². The Morgan fingerprint density at radius 1 is 1.26 bits per heavy atom. The lowest BCUT2D eigenvalue weighted by molar-refractivity contribution is 0.504. The molecule has 1 aromatic heterocycles. The van der Waals surface area contributed by atoms with E-state index in [9.17, 15) is 13.6 Å². The fourth-order valence-electron chi connectivity index (χ4n) is 3.54. The molecule has 1 aliphatic rings. The van der Waals surface area contributed by atoms with E-state index in [0.29, 0.717) is 11.2 Å². The molecule has 1 saturated heterocycles. The molecular formula is C19H20F2N4OS. The van der Waals surface area contributed by atoms with E-state index in [-0.39, 0.29) is 17.4 Å². The van der Waals surface area contributed by atoms with Crippen LogP contribution in [-0.2, 0) is 0 Å². The van der Waals surface area contributed by atoms with Gasteiger partial charge in [-0.3, -0.25) is 4.57 Å². The first-order valence-electron chi connectivity index (χ1n) is 8.89. The summed E-state index contributed by atoms with van der Waals surface area (Å²) >= 11 is 1.79. The van der Waals surface area contributed by atoms with E-state index < -0.39 is 11.6 Å². The van der Waals surface area contributed by atoms with Crippen LogP contribution in [0.2, 0.25) is 0 Å². The molecule has 2 aromatic carbocycles. The van der Waals surface area contributed by atoms with Crippen molar-refractivity contribution in [2.45, 2.75) is 19.4 Å².